The predicted octanol–water partition coefficient (Wildman–Crippen LogP) is 23.8. The lowest BCUT2D eigenvalue weighted by Crippen LogP contribution is -2.22. The lowest BCUT2D eigenvalue weighted by Gasteiger charge is -2.28. The van der Waals surface area contributed by atoms with Crippen LogP contribution < -0.4 is 10.6 Å². The Hall–Kier alpha value is -5.94. The Morgan fingerprint density at radius 1 is 0.367 bits per heavy atom. The van der Waals surface area contributed by atoms with Crippen molar-refractivity contribution < 1.29 is 48.5 Å². The number of halogens is 4. The lowest BCUT2D eigenvalue weighted by atomic mass is 9.78. The minimum Gasteiger partial charge on any atom is -0.507 e. The van der Waals surface area contributed by atoms with Gasteiger partial charge in [-0.15, -0.1) is 0 Å². The molecule has 2 aliphatic carbocycles. The number of esters is 2. The molecule has 6 aromatic rings. The maximum absolute atomic E-state index is 13.7. The first-order valence-corrected chi connectivity index (χ1v) is 39.7. The van der Waals surface area contributed by atoms with Gasteiger partial charge in [-0.1, -0.05) is 274 Å². The highest BCUT2D eigenvalue weighted by Gasteiger charge is 2.36. The summed E-state index contributed by atoms with van der Waals surface area (Å²) in [5, 5.41) is 28.0. The average molecular weight is 1590 g/mol. The number of benzene rings is 6. The molecule has 0 saturated heterocycles. The van der Waals surface area contributed by atoms with Crippen LogP contribution in [0.4, 0.5) is 22.7 Å². The van der Waals surface area contributed by atoms with Crippen molar-refractivity contribution in [2.75, 3.05) is 23.8 Å². The first-order chi connectivity index (χ1) is 47.6. The average Bonchev–Trinajstić information content (AvgIpc) is 0.752. The molecule has 8 rings (SSSR count). The Kier molecular flexibility index (Phi) is 32.6. The Labute approximate surface area is 615 Å². The molecule has 0 spiro atoms. The van der Waals surface area contributed by atoms with Gasteiger partial charge >= 0.3 is 11.9 Å². The van der Waals surface area contributed by atoms with Crippen molar-refractivity contribution in [1.29, 1.82) is 0 Å². The van der Waals surface area contributed by atoms with Crippen LogP contribution in [0, 0.1) is 11.8 Å². The number of ether oxygens (including phenoxy) is 2. The Morgan fingerprint density at radius 3 is 0.990 bits per heavy atom. The summed E-state index contributed by atoms with van der Waals surface area (Å²) >= 11 is 14.6. The number of phenolic OH excluding ortho intramolecular Hbond substituents is 2. The molecule has 4 N–H and O–H groups in total. The molecule has 2 aliphatic rings. The summed E-state index contributed by atoms with van der Waals surface area (Å²) in [4.78, 5) is 79.7. The van der Waals surface area contributed by atoms with Crippen LogP contribution in [0.25, 0.3) is 0 Å². The minimum atomic E-state index is -0.396. The molecule has 0 aromatic heterocycles. The van der Waals surface area contributed by atoms with Crippen LogP contribution in [-0.4, -0.2) is 58.5 Å². The fourth-order valence-electron chi connectivity index (χ4n) is 14.1. The number of carbonyl (C=O) groups is 6. The van der Waals surface area contributed by atoms with Gasteiger partial charge in [-0.25, -0.2) is 0 Å². The van der Waals surface area contributed by atoms with Gasteiger partial charge < -0.3 is 30.3 Å². The van der Waals surface area contributed by atoms with Crippen molar-refractivity contribution in [2.45, 2.75) is 232 Å². The van der Waals surface area contributed by atoms with Gasteiger partial charge in [-0.3, -0.25) is 28.8 Å². The van der Waals surface area contributed by atoms with E-state index in [0.29, 0.717) is 59.6 Å². The van der Waals surface area contributed by atoms with E-state index in [1.807, 2.05) is 24.3 Å². The normalized spacial score (nSPS) is 13.0. The van der Waals surface area contributed by atoms with E-state index >= 15 is 0 Å². The first kappa shape index (κ1) is 77.8. The molecule has 0 fully saturated rings. The zero-order chi connectivity index (χ0) is 69.8. The highest BCUT2D eigenvalue weighted by Crippen LogP contribution is 2.43. The van der Waals surface area contributed by atoms with Crippen LogP contribution in [0.3, 0.4) is 0 Å². The second-order valence-corrected chi connectivity index (χ2v) is 30.3. The third-order valence-corrected chi connectivity index (χ3v) is 22.4. The molecule has 6 aromatic carbocycles. The molecule has 2 unspecified atom stereocenters. The van der Waals surface area contributed by atoms with E-state index < -0.39 is 11.6 Å². The van der Waals surface area contributed by atoms with Gasteiger partial charge in [0.1, 0.15) is 11.5 Å². The lowest BCUT2D eigenvalue weighted by molar-refractivity contribution is -0.144. The number of hydrogen-bond acceptors (Lipinski definition) is 12. The number of aromatic hydroxyl groups is 2. The smallest absolute Gasteiger partial charge is 0.305 e. The van der Waals surface area contributed by atoms with Gasteiger partial charge in [0.2, 0.25) is 0 Å². The quantitative estimate of drug-likeness (QED) is 0.0161. The number of nitrogens with one attached hydrogen (secondary N) is 2. The van der Waals surface area contributed by atoms with E-state index in [4.69, 9.17) is 9.47 Å². The van der Waals surface area contributed by atoms with Crippen LogP contribution in [0.15, 0.2) is 115 Å². The molecule has 2 atom stereocenters. The van der Waals surface area contributed by atoms with Crippen molar-refractivity contribution in [1.82, 2.24) is 0 Å². The highest BCUT2D eigenvalue weighted by atomic mass is 79.9. The number of ketones is 4. The summed E-state index contributed by atoms with van der Waals surface area (Å²) in [5.74, 6) is -0.623. The molecular weight excluding hydrogens is 1490 g/mol. The van der Waals surface area contributed by atoms with Crippen molar-refractivity contribution in [3.8, 4) is 11.5 Å². The van der Waals surface area contributed by atoms with E-state index in [-0.39, 0.29) is 81.6 Å². The fourth-order valence-corrected chi connectivity index (χ4v) is 16.7. The molecule has 16 heteroatoms. The van der Waals surface area contributed by atoms with Gasteiger partial charge in [0, 0.05) is 65.8 Å². The van der Waals surface area contributed by atoms with E-state index in [1.165, 1.54) is 166 Å². The summed E-state index contributed by atoms with van der Waals surface area (Å²) in [5.41, 5.74) is 5.32. The minimum absolute atomic E-state index is 0.0122. The summed E-state index contributed by atoms with van der Waals surface area (Å²) in [6.45, 7) is 5.10. The Morgan fingerprint density at radius 2 is 0.663 bits per heavy atom. The van der Waals surface area contributed by atoms with Gasteiger partial charge in [0.25, 0.3) is 0 Å². The van der Waals surface area contributed by atoms with Crippen molar-refractivity contribution in [3.63, 3.8) is 0 Å². The van der Waals surface area contributed by atoms with Crippen molar-refractivity contribution in [2.24, 2.45) is 11.8 Å². The molecular formula is C82H100Br4N2O10. The maximum Gasteiger partial charge on any atom is 0.305 e. The van der Waals surface area contributed by atoms with E-state index in [2.05, 4.69) is 88.2 Å². The second kappa shape index (κ2) is 41.1. The van der Waals surface area contributed by atoms with Gasteiger partial charge in [-0.2, -0.15) is 0 Å². The molecule has 0 saturated carbocycles. The fraction of sp³-hybridized carbons (Fsp3) is 0.488. The summed E-state index contributed by atoms with van der Waals surface area (Å²) in [6, 6.07) is 27.0. The van der Waals surface area contributed by atoms with Crippen molar-refractivity contribution in [3.05, 3.63) is 171 Å². The number of anilines is 4. The zero-order valence-corrected chi connectivity index (χ0v) is 63.9. The van der Waals surface area contributed by atoms with Crippen LogP contribution >= 0.6 is 63.7 Å². The largest absolute Gasteiger partial charge is 0.507 e. The zero-order valence-electron chi connectivity index (χ0n) is 57.5. The van der Waals surface area contributed by atoms with E-state index in [9.17, 15) is 39.0 Å². The molecule has 0 heterocycles. The monoisotopic (exact) mass is 1590 g/mol. The number of fused-ring (bicyclic) bond motifs is 4. The molecule has 12 nitrogen and oxygen atoms in total. The van der Waals surface area contributed by atoms with Crippen LogP contribution in [0.5, 0.6) is 11.5 Å². The second-order valence-electron chi connectivity index (χ2n) is 26.9. The topological polar surface area (TPSA) is 185 Å². The Bertz CT molecular complexity index is 3440. The van der Waals surface area contributed by atoms with Crippen molar-refractivity contribution >= 4 is 122 Å². The van der Waals surface area contributed by atoms with Gasteiger partial charge in [0.15, 0.2) is 23.1 Å². The van der Waals surface area contributed by atoms with Crippen LogP contribution in [0.1, 0.15) is 294 Å². The van der Waals surface area contributed by atoms with E-state index in [0.717, 1.165) is 79.4 Å². The van der Waals surface area contributed by atoms with Crippen LogP contribution in [0.2, 0.25) is 0 Å². The number of phenols is 2. The predicted molar refractivity (Wildman–Crippen MR) is 408 cm³/mol. The molecule has 0 bridgehead atoms. The maximum atomic E-state index is 13.7. The number of hydrogen-bond donors (Lipinski definition) is 4. The molecule has 0 aliphatic heterocycles. The third kappa shape index (κ3) is 22.5. The standard InChI is InChI=1S/C82H100Br4N2O10/c1-3-5-7-23-33-55(35-25-19-15-11-9-13-17-21-27-41-73(91)97-49-47-57-51-69(65(85)53-63(57)83)87-67-43-45-71(89)77-75(67)79(93)59-37-29-31-39-61(59)81(77)95)56(34-24-8-6-4-2)36-26-20-16-12-10-14-18-22-28-42-74(92)98-50-48-58-52-70(66(86)54-64(58)84)88-68-44-46-72(90)78-76(68)80(94)60-38-30-32-40-62(60)82(78)96/h29-32,37-40,43-46,51-56,87-90H,3-28,33-36,41-42,47-50H2,1-2H3. The third-order valence-electron chi connectivity index (χ3n) is 19.6. The number of rotatable bonds is 45. The van der Waals surface area contributed by atoms with Crippen LogP contribution in [-0.2, 0) is 31.9 Å². The first-order valence-electron chi connectivity index (χ1n) is 36.5. The summed E-state index contributed by atoms with van der Waals surface area (Å²) < 4.78 is 14.5. The Balaban J connectivity index is 0.656. The number of unbranched alkanes of at least 4 members (excludes halogenated alkanes) is 22. The van der Waals surface area contributed by atoms with Gasteiger partial charge in [-0.05, 0) is 116 Å². The molecule has 526 valence electrons. The molecule has 0 amide bonds. The highest BCUT2D eigenvalue weighted by molar-refractivity contribution is 9.11. The van der Waals surface area contributed by atoms with E-state index in [1.54, 1.807) is 60.7 Å². The summed E-state index contributed by atoms with van der Waals surface area (Å²) in [6.07, 6.45) is 39.4. The molecule has 0 radical (unpaired) electrons. The molecule has 98 heavy (non-hydrogen) atoms. The summed E-state index contributed by atoms with van der Waals surface area (Å²) in [7, 11) is 0. The SMILES string of the molecule is CCCCCCC(CCCCCCCCCCCC(=O)OCCc1cc(Nc2ccc(O)c3c2C(=O)c2ccccc2C3=O)c(Br)cc1Br)C(CCCCCC)CCCCCCCCCCCC(=O)OCCc1cc(Nc2ccc(O)c3c2C(=O)c2ccccc2C3=O)c(Br)cc1Br. The van der Waals surface area contributed by atoms with Gasteiger partial charge in [0.05, 0.1) is 58.2 Å². The number of carbonyl (C=O) groups excluding carboxylic acids is 6.